The van der Waals surface area contributed by atoms with Gasteiger partial charge in [-0.3, -0.25) is 9.98 Å². The van der Waals surface area contributed by atoms with E-state index in [1.54, 1.807) is 74.5 Å². The standard InChI is InChI=1S/C60H42F3N9/c1-4-6-24-65-49(5-2)38-16-20-43-44-21-17-39(50-15-8-7-9-25-66-50)31-52(44)72(51(43)30-38)56-35-47(57-37(3)13-10-14-48(57)60(61,62)63)42(36-64)34-55(56)71-53-32-40(58-67-26-11-27-68-58)18-22-45(53)46-23-19-41(33-54(46)71)59-69-28-12-29-70-59/h4-14,16-35H,15H2,1-3H3/b6-4-,49-5-,65-24-. The first-order valence-electron chi connectivity index (χ1n) is 23.3. The molecule has 1 aliphatic rings. The third kappa shape index (κ3) is 7.96. The van der Waals surface area contributed by atoms with Gasteiger partial charge in [-0.1, -0.05) is 85.0 Å². The monoisotopic (exact) mass is 945 g/mol. The summed E-state index contributed by atoms with van der Waals surface area (Å²) in [7, 11) is 0. The highest BCUT2D eigenvalue weighted by molar-refractivity contribution is 6.15. The average molecular weight is 946 g/mol. The SMILES string of the molecule is C\C=C/C=N\C(=C/C)c1ccc2c3ccc(C4=NC=CC=CC4)cc3n(-c3cc(-c4c(C)cccc4C(F)(F)F)c(C#N)cc3-n3c4cc(-c5ncccn5)ccc4c4ccc(-c5ncccn5)cc43)c2c1. The highest BCUT2D eigenvalue weighted by Crippen LogP contribution is 2.46. The van der Waals surface area contributed by atoms with Crippen LogP contribution in [0.1, 0.15) is 48.1 Å². The molecule has 348 valence electrons. The van der Waals surface area contributed by atoms with E-state index >= 15 is 13.2 Å². The molecule has 0 N–H and O–H groups in total. The predicted molar refractivity (Wildman–Crippen MR) is 283 cm³/mol. The van der Waals surface area contributed by atoms with Crippen molar-refractivity contribution in [1.82, 2.24) is 29.1 Å². The van der Waals surface area contributed by atoms with Crippen molar-refractivity contribution in [2.75, 3.05) is 0 Å². The lowest BCUT2D eigenvalue weighted by Gasteiger charge is -2.22. The summed E-state index contributed by atoms with van der Waals surface area (Å²) in [4.78, 5) is 28.0. The van der Waals surface area contributed by atoms with Crippen molar-refractivity contribution < 1.29 is 13.2 Å². The number of nitriles is 1. The van der Waals surface area contributed by atoms with Crippen LogP contribution in [0.15, 0.2) is 193 Å². The molecule has 5 heterocycles. The van der Waals surface area contributed by atoms with Crippen molar-refractivity contribution in [2.45, 2.75) is 33.4 Å². The highest BCUT2D eigenvalue weighted by Gasteiger charge is 2.35. The number of alkyl halides is 3. The van der Waals surface area contributed by atoms with Crippen LogP contribution in [-0.2, 0) is 6.18 Å². The van der Waals surface area contributed by atoms with Crippen molar-refractivity contribution in [1.29, 1.82) is 5.26 Å². The Kier molecular flexibility index (Phi) is 11.6. The number of aromatic nitrogens is 6. The van der Waals surface area contributed by atoms with E-state index in [9.17, 15) is 5.26 Å². The molecule has 0 bridgehead atoms. The van der Waals surface area contributed by atoms with Crippen LogP contribution in [0.4, 0.5) is 13.2 Å². The summed E-state index contributed by atoms with van der Waals surface area (Å²) >= 11 is 0. The third-order valence-corrected chi connectivity index (χ3v) is 13.0. The number of halogens is 3. The topological polar surface area (TPSA) is 110 Å². The number of hydrogen-bond acceptors (Lipinski definition) is 7. The Morgan fingerprint density at radius 2 is 1.24 bits per heavy atom. The van der Waals surface area contributed by atoms with E-state index < -0.39 is 11.7 Å². The lowest BCUT2D eigenvalue weighted by atomic mass is 9.90. The fourth-order valence-corrected chi connectivity index (χ4v) is 9.78. The van der Waals surface area contributed by atoms with Gasteiger partial charge in [0.25, 0.3) is 0 Å². The molecular weight excluding hydrogens is 904 g/mol. The van der Waals surface area contributed by atoms with Gasteiger partial charge in [-0.25, -0.2) is 19.9 Å². The summed E-state index contributed by atoms with van der Waals surface area (Å²) in [5.41, 5.74) is 8.44. The third-order valence-electron chi connectivity index (χ3n) is 13.0. The second-order valence-corrected chi connectivity index (χ2v) is 17.3. The minimum Gasteiger partial charge on any atom is -0.307 e. The van der Waals surface area contributed by atoms with Crippen molar-refractivity contribution in [3.8, 4) is 51.3 Å². The fraction of sp³-hybridized carbons (Fsp3) is 0.0833. The minimum absolute atomic E-state index is 0.0525. The zero-order chi connectivity index (χ0) is 49.5. The largest absolute Gasteiger partial charge is 0.417 e. The molecule has 10 aromatic rings. The van der Waals surface area contributed by atoms with E-state index in [0.29, 0.717) is 35.0 Å². The normalized spacial score (nSPS) is 13.3. The zero-order valence-electron chi connectivity index (χ0n) is 39.3. The van der Waals surface area contributed by atoms with Crippen LogP contribution in [-0.4, -0.2) is 41.0 Å². The molecule has 0 unspecified atom stereocenters. The fourth-order valence-electron chi connectivity index (χ4n) is 9.78. The Labute approximate surface area is 412 Å². The van der Waals surface area contributed by atoms with Gasteiger partial charge in [0, 0.05) is 87.4 Å². The number of aliphatic imine (C=N–C) groups is 2. The zero-order valence-corrected chi connectivity index (χ0v) is 39.3. The number of hydrogen-bond donors (Lipinski definition) is 0. The first-order valence-corrected chi connectivity index (χ1v) is 23.3. The van der Waals surface area contributed by atoms with E-state index in [4.69, 9.17) is 9.98 Å². The minimum atomic E-state index is -4.74. The molecule has 72 heavy (non-hydrogen) atoms. The maximum atomic E-state index is 15.3. The van der Waals surface area contributed by atoms with E-state index in [1.165, 1.54) is 6.07 Å². The van der Waals surface area contributed by atoms with Crippen molar-refractivity contribution in [2.24, 2.45) is 9.98 Å². The number of rotatable bonds is 9. The van der Waals surface area contributed by atoms with Crippen LogP contribution in [0.25, 0.3) is 94.6 Å². The summed E-state index contributed by atoms with van der Waals surface area (Å²) in [6.07, 6.45) is 17.7. The molecule has 0 amide bonds. The maximum Gasteiger partial charge on any atom is 0.417 e. The number of allylic oxidation sites excluding steroid dienone is 6. The number of nitrogens with zero attached hydrogens (tertiary/aromatic N) is 9. The number of fused-ring (bicyclic) bond motifs is 6. The van der Waals surface area contributed by atoms with Gasteiger partial charge >= 0.3 is 6.18 Å². The first-order chi connectivity index (χ1) is 35.1. The molecule has 1 aliphatic heterocycles. The summed E-state index contributed by atoms with van der Waals surface area (Å²) in [6, 6.07) is 37.9. The molecule has 11 rings (SSSR count). The van der Waals surface area contributed by atoms with Gasteiger partial charge in [0.2, 0.25) is 0 Å². The smallest absolute Gasteiger partial charge is 0.307 e. The van der Waals surface area contributed by atoms with Gasteiger partial charge < -0.3 is 9.13 Å². The number of benzene rings is 6. The van der Waals surface area contributed by atoms with Gasteiger partial charge in [-0.15, -0.1) is 0 Å². The van der Waals surface area contributed by atoms with Crippen LogP contribution in [0, 0.1) is 18.3 Å². The average Bonchev–Trinajstić information content (AvgIpc) is 3.74. The summed E-state index contributed by atoms with van der Waals surface area (Å²) < 4.78 is 50.1. The van der Waals surface area contributed by atoms with E-state index in [0.717, 1.165) is 83.3 Å². The van der Waals surface area contributed by atoms with Crippen molar-refractivity contribution in [3.63, 3.8) is 0 Å². The molecule has 0 saturated heterocycles. The highest BCUT2D eigenvalue weighted by atomic mass is 19.4. The molecule has 4 aromatic heterocycles. The second kappa shape index (κ2) is 18.5. The summed E-state index contributed by atoms with van der Waals surface area (Å²) in [5, 5.41) is 14.8. The molecule has 0 spiro atoms. The Balaban J connectivity index is 1.34. The van der Waals surface area contributed by atoms with Gasteiger partial charge in [0.05, 0.1) is 62.0 Å². The van der Waals surface area contributed by atoms with E-state index in [1.807, 2.05) is 86.7 Å². The lowest BCUT2D eigenvalue weighted by molar-refractivity contribution is -0.137. The molecular formula is C60H42F3N9. The first kappa shape index (κ1) is 45.1. The number of aryl methyl sites for hydroxylation is 1. The van der Waals surface area contributed by atoms with Crippen LogP contribution in [0.3, 0.4) is 0 Å². The molecule has 9 nitrogen and oxygen atoms in total. The van der Waals surface area contributed by atoms with Crippen molar-refractivity contribution >= 4 is 61.2 Å². The molecule has 12 heteroatoms. The van der Waals surface area contributed by atoms with Gasteiger partial charge in [0.1, 0.15) is 0 Å². The summed E-state index contributed by atoms with van der Waals surface area (Å²) in [6.45, 7) is 5.51. The van der Waals surface area contributed by atoms with E-state index in [2.05, 4.69) is 71.5 Å². The quantitative estimate of drug-likeness (QED) is 0.134. The van der Waals surface area contributed by atoms with Crippen LogP contribution in [0.5, 0.6) is 0 Å². The maximum absolute atomic E-state index is 15.3. The molecule has 6 aromatic carbocycles. The molecule has 0 aliphatic carbocycles. The Morgan fingerprint density at radius 1 is 0.667 bits per heavy atom. The van der Waals surface area contributed by atoms with Gasteiger partial charge in [-0.2, -0.15) is 18.4 Å². The van der Waals surface area contributed by atoms with Crippen LogP contribution >= 0.6 is 0 Å². The molecule has 0 saturated carbocycles. The van der Waals surface area contributed by atoms with E-state index in [-0.39, 0.29) is 16.7 Å². The summed E-state index contributed by atoms with van der Waals surface area (Å²) in [5.74, 6) is 1.01. The second-order valence-electron chi connectivity index (χ2n) is 17.3. The van der Waals surface area contributed by atoms with Crippen LogP contribution in [0.2, 0.25) is 0 Å². The Bertz CT molecular complexity index is 3940. The van der Waals surface area contributed by atoms with Gasteiger partial charge in [0.15, 0.2) is 11.6 Å². The van der Waals surface area contributed by atoms with Crippen LogP contribution < -0.4 is 0 Å². The van der Waals surface area contributed by atoms with Gasteiger partial charge in [-0.05, 0) is 104 Å². The Hall–Kier alpha value is -9.34. The Morgan fingerprint density at radius 3 is 1.82 bits per heavy atom. The lowest BCUT2D eigenvalue weighted by Crippen LogP contribution is -2.10. The predicted octanol–water partition coefficient (Wildman–Crippen LogP) is 14.9. The molecule has 0 atom stereocenters. The van der Waals surface area contributed by atoms with Crippen molar-refractivity contribution in [3.05, 3.63) is 211 Å². The molecule has 0 radical (unpaired) electrons. The molecule has 0 fully saturated rings.